The number of nitrogens with zero attached hydrogens (tertiary/aromatic N) is 2. The number of hydrogen-bond donors (Lipinski definition) is 1. The molecule has 1 heterocycles. The van der Waals surface area contributed by atoms with Crippen molar-refractivity contribution in [3.05, 3.63) is 59.7 Å². The fraction of sp³-hybridized carbons (Fsp3) is 0.231. The molecule has 0 fully saturated rings. The van der Waals surface area contributed by atoms with E-state index < -0.39 is 6.10 Å². The van der Waals surface area contributed by atoms with Gasteiger partial charge in [-0.25, -0.2) is 9.97 Å². The van der Waals surface area contributed by atoms with Gasteiger partial charge in [0.2, 0.25) is 0 Å². The van der Waals surface area contributed by atoms with Crippen LogP contribution >= 0.6 is 0 Å². The number of hydrogen-bond acceptors (Lipinski definition) is 4. The van der Waals surface area contributed by atoms with Crippen LogP contribution in [0.15, 0.2) is 43.0 Å². The van der Waals surface area contributed by atoms with Crippen LogP contribution in [0.1, 0.15) is 22.8 Å². The van der Waals surface area contributed by atoms with E-state index in [0.717, 1.165) is 11.1 Å². The maximum Gasteiger partial charge on any atom is 0.115 e. The molecule has 0 spiro atoms. The minimum Gasteiger partial charge on any atom is -0.384 e. The van der Waals surface area contributed by atoms with Crippen LogP contribution in [0.3, 0.4) is 0 Å². The minimum atomic E-state index is -0.701. The number of methoxy groups -OCH3 is 1. The van der Waals surface area contributed by atoms with Gasteiger partial charge in [-0.15, -0.1) is 0 Å². The standard InChI is InChI=1S/C13H14N2O2/c1-17-8-10-3-2-4-11(5-10)13(16)12-6-14-9-15-7-12/h2-7,9,13,16H,8H2,1H3. The minimum absolute atomic E-state index is 0.534. The summed E-state index contributed by atoms with van der Waals surface area (Å²) in [5, 5.41) is 10.2. The van der Waals surface area contributed by atoms with Crippen LogP contribution in [0, 0.1) is 0 Å². The highest BCUT2D eigenvalue weighted by Gasteiger charge is 2.11. The number of ether oxygens (including phenoxy) is 1. The first kappa shape index (κ1) is 11.7. The maximum absolute atomic E-state index is 10.2. The van der Waals surface area contributed by atoms with Crippen molar-refractivity contribution in [1.82, 2.24) is 9.97 Å². The molecular formula is C13H14N2O2. The Kier molecular flexibility index (Phi) is 3.80. The molecule has 1 atom stereocenters. The molecule has 88 valence electrons. The maximum atomic E-state index is 10.2. The molecule has 0 bridgehead atoms. The lowest BCUT2D eigenvalue weighted by Crippen LogP contribution is -2.01. The fourth-order valence-electron chi connectivity index (χ4n) is 1.66. The monoisotopic (exact) mass is 230 g/mol. The van der Waals surface area contributed by atoms with Crippen LogP contribution in [0.4, 0.5) is 0 Å². The summed E-state index contributed by atoms with van der Waals surface area (Å²) in [6, 6.07) is 7.65. The van der Waals surface area contributed by atoms with Crippen molar-refractivity contribution in [1.29, 1.82) is 0 Å². The molecule has 0 radical (unpaired) electrons. The van der Waals surface area contributed by atoms with Crippen LogP contribution in [0.25, 0.3) is 0 Å². The van der Waals surface area contributed by atoms with E-state index in [1.54, 1.807) is 19.5 Å². The number of rotatable bonds is 4. The summed E-state index contributed by atoms with van der Waals surface area (Å²) in [6.07, 6.45) is 3.96. The van der Waals surface area contributed by atoms with Gasteiger partial charge in [0.15, 0.2) is 0 Å². The second-order valence-electron chi connectivity index (χ2n) is 3.75. The molecule has 0 aliphatic rings. The van der Waals surface area contributed by atoms with Gasteiger partial charge in [-0.05, 0) is 11.1 Å². The second kappa shape index (κ2) is 5.52. The third kappa shape index (κ3) is 2.87. The van der Waals surface area contributed by atoms with Crippen molar-refractivity contribution in [2.45, 2.75) is 12.7 Å². The molecule has 2 rings (SSSR count). The number of aliphatic hydroxyl groups excluding tert-OH is 1. The Morgan fingerprint density at radius 1 is 1.24 bits per heavy atom. The predicted octanol–water partition coefficient (Wildman–Crippen LogP) is 1.70. The van der Waals surface area contributed by atoms with Gasteiger partial charge < -0.3 is 9.84 Å². The molecule has 0 saturated heterocycles. The van der Waals surface area contributed by atoms with Gasteiger partial charge in [-0.2, -0.15) is 0 Å². The third-order valence-corrected chi connectivity index (χ3v) is 2.47. The van der Waals surface area contributed by atoms with Gasteiger partial charge in [0.25, 0.3) is 0 Å². The van der Waals surface area contributed by atoms with Crippen molar-refractivity contribution >= 4 is 0 Å². The topological polar surface area (TPSA) is 55.2 Å². The molecular weight excluding hydrogens is 216 g/mol. The molecule has 2 aromatic rings. The molecule has 1 N–H and O–H groups in total. The first-order valence-electron chi connectivity index (χ1n) is 5.32. The van der Waals surface area contributed by atoms with Gasteiger partial charge in [-0.1, -0.05) is 24.3 Å². The summed E-state index contributed by atoms with van der Waals surface area (Å²) in [4.78, 5) is 7.79. The van der Waals surface area contributed by atoms with E-state index in [0.29, 0.717) is 12.2 Å². The molecule has 0 amide bonds. The van der Waals surface area contributed by atoms with Gasteiger partial charge >= 0.3 is 0 Å². The Morgan fingerprint density at radius 2 is 2.00 bits per heavy atom. The van der Waals surface area contributed by atoms with Crippen LogP contribution < -0.4 is 0 Å². The Labute approximate surface area is 99.9 Å². The molecule has 4 nitrogen and oxygen atoms in total. The Morgan fingerprint density at radius 3 is 2.71 bits per heavy atom. The van der Waals surface area contributed by atoms with E-state index in [9.17, 15) is 5.11 Å². The van der Waals surface area contributed by atoms with Gasteiger partial charge in [0, 0.05) is 25.1 Å². The number of aliphatic hydroxyl groups is 1. The second-order valence-corrected chi connectivity index (χ2v) is 3.75. The van der Waals surface area contributed by atoms with Gasteiger partial charge in [0.05, 0.1) is 6.61 Å². The van der Waals surface area contributed by atoms with E-state index in [1.807, 2.05) is 24.3 Å². The smallest absolute Gasteiger partial charge is 0.115 e. The Hall–Kier alpha value is -1.78. The lowest BCUT2D eigenvalue weighted by Gasteiger charge is -2.11. The summed E-state index contributed by atoms with van der Waals surface area (Å²) < 4.78 is 5.06. The van der Waals surface area contributed by atoms with Crippen LogP contribution in [0.2, 0.25) is 0 Å². The molecule has 1 aromatic heterocycles. The Balaban J connectivity index is 2.25. The first-order valence-corrected chi connectivity index (χ1v) is 5.32. The first-order chi connectivity index (χ1) is 8.31. The van der Waals surface area contributed by atoms with E-state index in [2.05, 4.69) is 9.97 Å². The molecule has 0 aliphatic heterocycles. The zero-order chi connectivity index (χ0) is 12.1. The highest BCUT2D eigenvalue weighted by atomic mass is 16.5. The number of benzene rings is 1. The highest BCUT2D eigenvalue weighted by molar-refractivity contribution is 5.30. The summed E-state index contributed by atoms with van der Waals surface area (Å²) >= 11 is 0. The lowest BCUT2D eigenvalue weighted by molar-refractivity contribution is 0.184. The summed E-state index contributed by atoms with van der Waals surface area (Å²) in [5.74, 6) is 0. The normalized spacial score (nSPS) is 12.4. The quantitative estimate of drug-likeness (QED) is 0.868. The average molecular weight is 230 g/mol. The average Bonchev–Trinajstić information content (AvgIpc) is 2.40. The van der Waals surface area contributed by atoms with Crippen molar-refractivity contribution in [2.75, 3.05) is 7.11 Å². The predicted molar refractivity (Wildman–Crippen MR) is 63.2 cm³/mol. The largest absolute Gasteiger partial charge is 0.384 e. The molecule has 4 heteroatoms. The van der Waals surface area contributed by atoms with Crippen molar-refractivity contribution < 1.29 is 9.84 Å². The fourth-order valence-corrected chi connectivity index (χ4v) is 1.66. The highest BCUT2D eigenvalue weighted by Crippen LogP contribution is 2.21. The number of aromatic nitrogens is 2. The van der Waals surface area contributed by atoms with Crippen molar-refractivity contribution in [2.24, 2.45) is 0 Å². The van der Waals surface area contributed by atoms with Crippen molar-refractivity contribution in [3.8, 4) is 0 Å². The lowest BCUT2D eigenvalue weighted by atomic mass is 10.0. The van der Waals surface area contributed by atoms with Crippen LogP contribution in [0.5, 0.6) is 0 Å². The molecule has 1 aromatic carbocycles. The summed E-state index contributed by atoms with van der Waals surface area (Å²) in [6.45, 7) is 0.534. The van der Waals surface area contributed by atoms with E-state index in [1.165, 1.54) is 6.33 Å². The molecule has 17 heavy (non-hydrogen) atoms. The van der Waals surface area contributed by atoms with Crippen LogP contribution in [-0.2, 0) is 11.3 Å². The zero-order valence-corrected chi connectivity index (χ0v) is 9.58. The molecule has 0 saturated carbocycles. The van der Waals surface area contributed by atoms with E-state index in [-0.39, 0.29) is 0 Å². The summed E-state index contributed by atoms with van der Waals surface area (Å²) in [7, 11) is 1.65. The Bertz CT molecular complexity index is 474. The van der Waals surface area contributed by atoms with Gasteiger partial charge in [-0.3, -0.25) is 0 Å². The van der Waals surface area contributed by atoms with E-state index >= 15 is 0 Å². The third-order valence-electron chi connectivity index (χ3n) is 2.47. The summed E-state index contributed by atoms with van der Waals surface area (Å²) in [5.41, 5.74) is 2.53. The molecule has 0 aliphatic carbocycles. The molecule has 1 unspecified atom stereocenters. The SMILES string of the molecule is COCc1cccc(C(O)c2cncnc2)c1. The van der Waals surface area contributed by atoms with E-state index in [4.69, 9.17) is 4.74 Å². The van der Waals surface area contributed by atoms with Gasteiger partial charge in [0.1, 0.15) is 12.4 Å². The van der Waals surface area contributed by atoms with Crippen molar-refractivity contribution in [3.63, 3.8) is 0 Å². The van der Waals surface area contributed by atoms with Crippen LogP contribution in [-0.4, -0.2) is 22.2 Å². The zero-order valence-electron chi connectivity index (χ0n) is 9.58.